The van der Waals surface area contributed by atoms with Crippen LogP contribution in [0.1, 0.15) is 43.1 Å². The zero-order valence-corrected chi connectivity index (χ0v) is 23.2. The van der Waals surface area contributed by atoms with Crippen LogP contribution < -0.4 is 11.1 Å². The van der Waals surface area contributed by atoms with Gasteiger partial charge in [0, 0.05) is 50.2 Å². The third kappa shape index (κ3) is 7.03. The number of nitrogen functional groups attached to an aromatic ring is 1. The lowest BCUT2D eigenvalue weighted by Gasteiger charge is -2.42. The Morgan fingerprint density at radius 1 is 1.08 bits per heavy atom. The monoisotopic (exact) mass is 548 g/mol. The number of aromatic nitrogens is 3. The fourth-order valence-electron chi connectivity index (χ4n) is 5.72. The highest BCUT2D eigenvalue weighted by atomic mass is 35.5. The summed E-state index contributed by atoms with van der Waals surface area (Å²) in [6.07, 6.45) is 10.5. The molecule has 1 unspecified atom stereocenters. The molecule has 0 radical (unpaired) electrons. The molecule has 206 valence electrons. The number of hydrogen-bond acceptors (Lipinski definition) is 8. The van der Waals surface area contributed by atoms with Crippen molar-refractivity contribution in [2.75, 3.05) is 44.3 Å². The Morgan fingerprint density at radius 3 is 2.56 bits per heavy atom. The second kappa shape index (κ2) is 12.7. The van der Waals surface area contributed by atoms with Gasteiger partial charge >= 0.3 is 0 Å². The van der Waals surface area contributed by atoms with E-state index < -0.39 is 0 Å². The number of rotatable bonds is 8. The van der Waals surface area contributed by atoms with Crippen LogP contribution in [0.4, 0.5) is 11.5 Å². The average molecular weight is 549 g/mol. The van der Waals surface area contributed by atoms with Gasteiger partial charge in [0.15, 0.2) is 0 Å². The zero-order chi connectivity index (χ0) is 27.2. The van der Waals surface area contributed by atoms with Gasteiger partial charge in [-0.25, -0.2) is 4.98 Å². The Labute approximate surface area is 235 Å². The summed E-state index contributed by atoms with van der Waals surface area (Å²) >= 11 is 6.18. The molecule has 0 bridgehead atoms. The number of amides is 1. The lowest BCUT2D eigenvalue weighted by Crippen LogP contribution is -2.50. The molecule has 1 amide bonds. The van der Waals surface area contributed by atoms with Gasteiger partial charge in [-0.1, -0.05) is 17.7 Å². The standard InChI is InChI=1S/C29H37ClN8O/c1-36(28(26-4-2-3-10-33-26)35-24-17-23(30)18-32-19-24)25-8-14-38(15-9-25)29(39)22-6-12-37(13-7-22)20-21-5-11-34-27(31)16-21/h2-5,10-11,16-19,22,25,28,35H,6-9,12-15,20H2,1H3,(H2,31,34). The molecular formula is C29H37ClN8O. The van der Waals surface area contributed by atoms with E-state index in [9.17, 15) is 4.79 Å². The van der Waals surface area contributed by atoms with Crippen LogP contribution in [-0.2, 0) is 11.3 Å². The van der Waals surface area contributed by atoms with E-state index in [4.69, 9.17) is 17.3 Å². The van der Waals surface area contributed by atoms with Crippen molar-refractivity contribution in [3.63, 3.8) is 0 Å². The van der Waals surface area contributed by atoms with E-state index in [1.807, 2.05) is 42.6 Å². The normalized spacial score (nSPS) is 18.3. The quantitative estimate of drug-likeness (QED) is 0.406. The number of halogens is 1. The van der Waals surface area contributed by atoms with Gasteiger partial charge in [0.1, 0.15) is 12.0 Å². The molecule has 0 aliphatic carbocycles. The van der Waals surface area contributed by atoms with Crippen LogP contribution in [0.2, 0.25) is 5.02 Å². The number of likely N-dealkylation sites (tertiary alicyclic amines) is 2. The number of carbonyl (C=O) groups is 1. The summed E-state index contributed by atoms with van der Waals surface area (Å²) in [6, 6.07) is 12.1. The molecule has 3 aromatic rings. The van der Waals surface area contributed by atoms with Gasteiger partial charge < -0.3 is 16.0 Å². The molecule has 5 heterocycles. The molecule has 2 aliphatic heterocycles. The summed E-state index contributed by atoms with van der Waals surface area (Å²) in [7, 11) is 2.12. The Morgan fingerprint density at radius 2 is 1.87 bits per heavy atom. The molecule has 5 rings (SSSR count). The van der Waals surface area contributed by atoms with Crippen LogP contribution >= 0.6 is 11.6 Å². The van der Waals surface area contributed by atoms with E-state index in [0.29, 0.717) is 22.8 Å². The molecule has 2 saturated heterocycles. The van der Waals surface area contributed by atoms with E-state index in [0.717, 1.165) is 69.8 Å². The summed E-state index contributed by atoms with van der Waals surface area (Å²) < 4.78 is 0. The first-order chi connectivity index (χ1) is 19.0. The van der Waals surface area contributed by atoms with Crippen molar-refractivity contribution < 1.29 is 4.79 Å². The van der Waals surface area contributed by atoms with Crippen LogP contribution in [0.5, 0.6) is 0 Å². The summed E-state index contributed by atoms with van der Waals surface area (Å²) in [5, 5.41) is 4.15. The van der Waals surface area contributed by atoms with Crippen molar-refractivity contribution in [3.05, 3.63) is 77.5 Å². The molecule has 0 spiro atoms. The van der Waals surface area contributed by atoms with Crippen molar-refractivity contribution in [2.45, 2.75) is 44.4 Å². The van der Waals surface area contributed by atoms with Crippen molar-refractivity contribution in [1.29, 1.82) is 0 Å². The number of anilines is 2. The van der Waals surface area contributed by atoms with Crippen molar-refractivity contribution in [1.82, 2.24) is 29.7 Å². The van der Waals surface area contributed by atoms with E-state index >= 15 is 0 Å². The van der Waals surface area contributed by atoms with E-state index in [1.54, 1.807) is 18.6 Å². The molecule has 0 saturated carbocycles. The van der Waals surface area contributed by atoms with Gasteiger partial charge in [0.2, 0.25) is 5.91 Å². The minimum Gasteiger partial charge on any atom is -0.384 e. The summed E-state index contributed by atoms with van der Waals surface area (Å²) in [5.41, 5.74) is 8.77. The van der Waals surface area contributed by atoms with Crippen molar-refractivity contribution in [3.8, 4) is 0 Å². The Bertz CT molecular complexity index is 1230. The van der Waals surface area contributed by atoms with E-state index in [-0.39, 0.29) is 12.1 Å². The summed E-state index contributed by atoms with van der Waals surface area (Å²) in [5.74, 6) is 0.972. The number of carbonyl (C=O) groups excluding carboxylic acids is 1. The van der Waals surface area contributed by atoms with Crippen LogP contribution in [0.15, 0.2) is 61.2 Å². The van der Waals surface area contributed by atoms with Gasteiger partial charge in [-0.05, 0) is 81.7 Å². The smallest absolute Gasteiger partial charge is 0.225 e. The predicted molar refractivity (Wildman–Crippen MR) is 154 cm³/mol. The first-order valence-electron chi connectivity index (χ1n) is 13.7. The van der Waals surface area contributed by atoms with Crippen molar-refractivity contribution >= 4 is 29.0 Å². The number of hydrogen-bond donors (Lipinski definition) is 2. The second-order valence-corrected chi connectivity index (χ2v) is 11.0. The lowest BCUT2D eigenvalue weighted by molar-refractivity contribution is -0.138. The van der Waals surface area contributed by atoms with Gasteiger partial charge in [-0.3, -0.25) is 24.6 Å². The largest absolute Gasteiger partial charge is 0.384 e. The van der Waals surface area contributed by atoms with Gasteiger partial charge in [0.05, 0.1) is 22.6 Å². The number of nitrogens with two attached hydrogens (primary N) is 1. The fraction of sp³-hybridized carbons (Fsp3) is 0.448. The molecule has 3 N–H and O–H groups in total. The minimum absolute atomic E-state index is 0.108. The number of pyridine rings is 3. The third-order valence-electron chi connectivity index (χ3n) is 7.92. The van der Waals surface area contributed by atoms with Gasteiger partial charge in [-0.2, -0.15) is 0 Å². The third-order valence-corrected chi connectivity index (χ3v) is 8.13. The maximum atomic E-state index is 13.4. The fourth-order valence-corrected chi connectivity index (χ4v) is 5.90. The molecule has 10 heteroatoms. The predicted octanol–water partition coefficient (Wildman–Crippen LogP) is 4.05. The highest BCUT2D eigenvalue weighted by Crippen LogP contribution is 2.29. The highest BCUT2D eigenvalue weighted by molar-refractivity contribution is 6.30. The first kappa shape index (κ1) is 27.3. The molecule has 39 heavy (non-hydrogen) atoms. The zero-order valence-electron chi connectivity index (χ0n) is 22.4. The van der Waals surface area contributed by atoms with E-state index in [2.05, 4.69) is 42.0 Å². The molecule has 2 fully saturated rings. The first-order valence-corrected chi connectivity index (χ1v) is 14.1. The number of nitrogens with zero attached hydrogens (tertiary/aromatic N) is 6. The van der Waals surface area contributed by atoms with Gasteiger partial charge in [-0.15, -0.1) is 0 Å². The number of nitrogens with one attached hydrogen (secondary N) is 1. The van der Waals surface area contributed by atoms with Crippen LogP contribution in [0, 0.1) is 5.92 Å². The molecular weight excluding hydrogens is 512 g/mol. The molecule has 2 aliphatic rings. The topological polar surface area (TPSA) is 104 Å². The SMILES string of the molecule is CN(C1CCN(C(=O)C2CCN(Cc3ccnc(N)c3)CC2)CC1)C(Nc1cncc(Cl)c1)c1ccccn1. The van der Waals surface area contributed by atoms with Crippen molar-refractivity contribution in [2.24, 2.45) is 5.92 Å². The summed E-state index contributed by atoms with van der Waals surface area (Å²) in [6.45, 7) is 4.25. The minimum atomic E-state index is -0.140. The van der Waals surface area contributed by atoms with Crippen LogP contribution in [-0.4, -0.2) is 74.8 Å². The highest BCUT2D eigenvalue weighted by Gasteiger charge is 2.33. The molecule has 9 nitrogen and oxygen atoms in total. The lowest BCUT2D eigenvalue weighted by atomic mass is 9.93. The Balaban J connectivity index is 1.14. The molecule has 1 atom stereocenters. The summed E-state index contributed by atoms with van der Waals surface area (Å²) in [4.78, 5) is 33.1. The molecule has 3 aromatic heterocycles. The maximum Gasteiger partial charge on any atom is 0.225 e. The van der Waals surface area contributed by atoms with Gasteiger partial charge in [0.25, 0.3) is 0 Å². The van der Waals surface area contributed by atoms with Crippen LogP contribution in [0.3, 0.4) is 0 Å². The maximum absolute atomic E-state index is 13.4. The Kier molecular flexibility index (Phi) is 8.91. The second-order valence-electron chi connectivity index (χ2n) is 10.6. The Hall–Kier alpha value is -3.27. The van der Waals surface area contributed by atoms with E-state index in [1.165, 1.54) is 5.56 Å². The molecule has 0 aromatic carbocycles. The number of piperidine rings is 2. The van der Waals surface area contributed by atoms with Crippen LogP contribution in [0.25, 0.3) is 0 Å². The average Bonchev–Trinajstić information content (AvgIpc) is 2.96.